The predicted molar refractivity (Wildman–Crippen MR) is 88.9 cm³/mol. The summed E-state index contributed by atoms with van der Waals surface area (Å²) in [4.78, 5) is 0. The van der Waals surface area contributed by atoms with E-state index in [1.54, 1.807) is 4.57 Å². The van der Waals surface area contributed by atoms with Gasteiger partial charge in [0.15, 0.2) is 5.69 Å². The largest absolute Gasteiger partial charge is 0.493 e. The summed E-state index contributed by atoms with van der Waals surface area (Å²) in [6, 6.07) is 7.68. The lowest BCUT2D eigenvalue weighted by Gasteiger charge is -2.00. The minimum Gasteiger partial charge on any atom is -0.493 e. The molecule has 0 radical (unpaired) electrons. The standard InChI is InChI=1S/C15H20N4OS/c1-3-5-10-21-15(16)18-17-13-11-8-6-7-9-12(11)19(4-2)14(13)20/h6-9,16,20H,3-5,10H2,1-2H3. The summed E-state index contributed by atoms with van der Waals surface area (Å²) < 4.78 is 1.79. The number of hydrogen-bond acceptors (Lipinski definition) is 4. The molecular formula is C15H20N4OS. The number of fused-ring (bicyclic) bond motifs is 1. The molecule has 0 saturated carbocycles. The molecule has 5 nitrogen and oxygen atoms in total. The van der Waals surface area contributed by atoms with Crippen LogP contribution in [0, 0.1) is 5.41 Å². The molecule has 0 aliphatic rings. The molecule has 0 unspecified atom stereocenters. The second-order valence-corrected chi connectivity index (χ2v) is 5.72. The van der Waals surface area contributed by atoms with Crippen molar-refractivity contribution < 1.29 is 5.11 Å². The lowest BCUT2D eigenvalue weighted by atomic mass is 10.2. The first-order chi connectivity index (χ1) is 10.2. The molecule has 0 bridgehead atoms. The Morgan fingerprint density at radius 3 is 2.81 bits per heavy atom. The van der Waals surface area contributed by atoms with Crippen LogP contribution in [-0.4, -0.2) is 20.6 Å². The van der Waals surface area contributed by atoms with Crippen molar-refractivity contribution in [1.82, 2.24) is 4.57 Å². The molecule has 2 rings (SSSR count). The third kappa shape index (κ3) is 3.44. The van der Waals surface area contributed by atoms with Crippen LogP contribution in [0.15, 0.2) is 34.5 Å². The van der Waals surface area contributed by atoms with E-state index in [-0.39, 0.29) is 11.0 Å². The van der Waals surface area contributed by atoms with E-state index in [9.17, 15) is 5.11 Å². The maximum absolute atomic E-state index is 10.3. The molecule has 112 valence electrons. The normalized spacial score (nSPS) is 11.5. The fourth-order valence-electron chi connectivity index (χ4n) is 2.13. The number of aromatic nitrogens is 1. The molecule has 2 aromatic rings. The number of amidine groups is 1. The van der Waals surface area contributed by atoms with E-state index in [1.807, 2.05) is 31.2 Å². The molecule has 0 aliphatic heterocycles. The number of aryl methyl sites for hydroxylation is 1. The van der Waals surface area contributed by atoms with Gasteiger partial charge < -0.3 is 9.67 Å². The van der Waals surface area contributed by atoms with Crippen LogP contribution in [0.4, 0.5) is 5.69 Å². The summed E-state index contributed by atoms with van der Waals surface area (Å²) in [5.74, 6) is 0.977. The predicted octanol–water partition coefficient (Wildman–Crippen LogP) is 4.92. The molecule has 0 fully saturated rings. The molecule has 1 heterocycles. The number of hydrogen-bond donors (Lipinski definition) is 2. The smallest absolute Gasteiger partial charge is 0.220 e. The van der Waals surface area contributed by atoms with Gasteiger partial charge in [0.25, 0.3) is 0 Å². The van der Waals surface area contributed by atoms with Crippen molar-refractivity contribution in [2.24, 2.45) is 10.2 Å². The third-order valence-corrected chi connectivity index (χ3v) is 4.06. The molecule has 0 atom stereocenters. The van der Waals surface area contributed by atoms with Gasteiger partial charge in [0.05, 0.1) is 5.52 Å². The third-order valence-electron chi connectivity index (χ3n) is 3.21. The van der Waals surface area contributed by atoms with Crippen molar-refractivity contribution in [3.63, 3.8) is 0 Å². The van der Waals surface area contributed by atoms with Crippen LogP contribution >= 0.6 is 11.8 Å². The van der Waals surface area contributed by atoms with Gasteiger partial charge in [-0.05, 0) is 19.4 Å². The Morgan fingerprint density at radius 1 is 1.33 bits per heavy atom. The summed E-state index contributed by atoms with van der Waals surface area (Å²) in [6.45, 7) is 4.74. The Bertz CT molecular complexity index is 663. The summed E-state index contributed by atoms with van der Waals surface area (Å²) in [5.41, 5.74) is 1.37. The Morgan fingerprint density at radius 2 is 2.10 bits per heavy atom. The van der Waals surface area contributed by atoms with E-state index < -0.39 is 0 Å². The van der Waals surface area contributed by atoms with Gasteiger partial charge in [-0.3, -0.25) is 5.41 Å². The van der Waals surface area contributed by atoms with Crippen molar-refractivity contribution in [2.45, 2.75) is 33.2 Å². The number of thioether (sulfide) groups is 1. The zero-order chi connectivity index (χ0) is 15.2. The molecule has 6 heteroatoms. The average molecular weight is 304 g/mol. The molecule has 2 N–H and O–H groups in total. The number of rotatable bonds is 5. The van der Waals surface area contributed by atoms with Crippen LogP contribution in [0.2, 0.25) is 0 Å². The number of nitrogens with one attached hydrogen (secondary N) is 1. The van der Waals surface area contributed by atoms with Gasteiger partial charge in [-0.15, -0.1) is 10.2 Å². The Balaban J connectivity index is 2.26. The highest BCUT2D eigenvalue weighted by molar-refractivity contribution is 8.13. The lowest BCUT2D eigenvalue weighted by Crippen LogP contribution is -1.91. The van der Waals surface area contributed by atoms with E-state index in [1.165, 1.54) is 11.8 Å². The second kappa shape index (κ2) is 7.26. The molecule has 21 heavy (non-hydrogen) atoms. The van der Waals surface area contributed by atoms with Gasteiger partial charge in [-0.1, -0.05) is 43.3 Å². The molecule has 1 aromatic heterocycles. The Kier molecular flexibility index (Phi) is 5.38. The number of nitrogens with zero attached hydrogens (tertiary/aromatic N) is 3. The Hall–Kier alpha value is -1.82. The van der Waals surface area contributed by atoms with E-state index >= 15 is 0 Å². The Labute approximate surface area is 128 Å². The first-order valence-electron chi connectivity index (χ1n) is 7.12. The number of unbranched alkanes of at least 4 members (excludes halogenated alkanes) is 1. The number of benzene rings is 1. The topological polar surface area (TPSA) is 73.7 Å². The van der Waals surface area contributed by atoms with Gasteiger partial charge >= 0.3 is 0 Å². The minimum atomic E-state index is 0.105. The summed E-state index contributed by atoms with van der Waals surface area (Å²) in [7, 11) is 0. The number of aromatic hydroxyl groups is 1. The number of para-hydroxylation sites is 1. The second-order valence-electron chi connectivity index (χ2n) is 4.64. The van der Waals surface area contributed by atoms with Gasteiger partial charge in [0.1, 0.15) is 0 Å². The van der Waals surface area contributed by atoms with Crippen molar-refractivity contribution in [3.8, 4) is 5.88 Å². The summed E-state index contributed by atoms with van der Waals surface area (Å²) >= 11 is 1.38. The van der Waals surface area contributed by atoms with Crippen LogP contribution in [-0.2, 0) is 6.54 Å². The van der Waals surface area contributed by atoms with Gasteiger partial charge in [-0.25, -0.2) is 0 Å². The van der Waals surface area contributed by atoms with Crippen molar-refractivity contribution in [1.29, 1.82) is 5.41 Å². The van der Waals surface area contributed by atoms with Gasteiger partial charge in [0.2, 0.25) is 11.0 Å². The zero-order valence-electron chi connectivity index (χ0n) is 12.3. The van der Waals surface area contributed by atoms with Crippen molar-refractivity contribution in [3.05, 3.63) is 24.3 Å². The van der Waals surface area contributed by atoms with E-state index in [0.717, 1.165) is 29.5 Å². The van der Waals surface area contributed by atoms with E-state index in [0.29, 0.717) is 12.2 Å². The molecule has 1 aromatic carbocycles. The first-order valence-corrected chi connectivity index (χ1v) is 8.10. The summed E-state index contributed by atoms with van der Waals surface area (Å²) in [5, 5.41) is 27.1. The fourth-order valence-corrected chi connectivity index (χ4v) is 2.85. The van der Waals surface area contributed by atoms with Crippen LogP contribution in [0.25, 0.3) is 10.9 Å². The molecule has 0 saturated heterocycles. The van der Waals surface area contributed by atoms with Gasteiger partial charge in [-0.2, -0.15) is 0 Å². The monoisotopic (exact) mass is 304 g/mol. The van der Waals surface area contributed by atoms with Crippen molar-refractivity contribution >= 4 is 33.5 Å². The molecular weight excluding hydrogens is 284 g/mol. The van der Waals surface area contributed by atoms with E-state index in [2.05, 4.69) is 17.2 Å². The maximum atomic E-state index is 10.3. The van der Waals surface area contributed by atoms with Gasteiger partial charge in [0, 0.05) is 17.7 Å². The SMILES string of the molecule is CCCCSC(=N)N=Nc1c(O)n(CC)c2ccccc12. The highest BCUT2D eigenvalue weighted by atomic mass is 32.2. The quantitative estimate of drug-likeness (QED) is 0.356. The zero-order valence-corrected chi connectivity index (χ0v) is 13.2. The average Bonchev–Trinajstić information content (AvgIpc) is 2.76. The lowest BCUT2D eigenvalue weighted by molar-refractivity contribution is 0.427. The fraction of sp³-hybridized carbons (Fsp3) is 0.400. The molecule has 0 spiro atoms. The highest BCUT2D eigenvalue weighted by Crippen LogP contribution is 2.38. The molecule has 0 aliphatic carbocycles. The van der Waals surface area contributed by atoms with Crippen LogP contribution in [0.5, 0.6) is 5.88 Å². The van der Waals surface area contributed by atoms with Crippen LogP contribution in [0.1, 0.15) is 26.7 Å². The minimum absolute atomic E-state index is 0.105. The maximum Gasteiger partial charge on any atom is 0.220 e. The van der Waals surface area contributed by atoms with Crippen LogP contribution in [0.3, 0.4) is 0 Å². The molecule has 0 amide bonds. The van der Waals surface area contributed by atoms with E-state index in [4.69, 9.17) is 5.41 Å². The van der Waals surface area contributed by atoms with Crippen LogP contribution < -0.4 is 0 Å². The summed E-state index contributed by atoms with van der Waals surface area (Å²) in [6.07, 6.45) is 2.16. The van der Waals surface area contributed by atoms with Crippen molar-refractivity contribution in [2.75, 3.05) is 5.75 Å². The number of azo groups is 1. The first kappa shape index (κ1) is 15.6. The highest BCUT2D eigenvalue weighted by Gasteiger charge is 2.15.